The number of carbonyl (C=O) groups is 2. The molecule has 0 aliphatic rings. The predicted octanol–water partition coefficient (Wildman–Crippen LogP) is 2.78. The number of nitrogens with zero attached hydrogens (tertiary/aromatic N) is 2. The summed E-state index contributed by atoms with van der Waals surface area (Å²) in [6, 6.07) is 12.6. The van der Waals surface area contributed by atoms with E-state index in [0.29, 0.717) is 5.82 Å². The van der Waals surface area contributed by atoms with Crippen LogP contribution in [-0.4, -0.2) is 27.4 Å². The van der Waals surface area contributed by atoms with Crippen molar-refractivity contribution >= 4 is 22.8 Å². The van der Waals surface area contributed by atoms with Crippen molar-refractivity contribution in [3.8, 4) is 0 Å². The van der Waals surface area contributed by atoms with Crippen molar-refractivity contribution in [1.29, 1.82) is 0 Å². The second kappa shape index (κ2) is 8.21. The highest BCUT2D eigenvalue weighted by Crippen LogP contribution is 2.14. The van der Waals surface area contributed by atoms with Gasteiger partial charge in [0.25, 0.3) is 5.91 Å². The van der Waals surface area contributed by atoms with Gasteiger partial charge in [0, 0.05) is 7.05 Å². The first-order valence-corrected chi connectivity index (χ1v) is 9.12. The molecule has 2 aromatic carbocycles. The van der Waals surface area contributed by atoms with Crippen molar-refractivity contribution < 1.29 is 14.0 Å². The lowest BCUT2D eigenvalue weighted by atomic mass is 10.0. The largest absolute Gasteiger partial charge is 0.347 e. The SMILES string of the molecule is CC(C)C(NC(=O)c1ccccc1F)C(=O)NCc1nc2ccccc2n1C. The van der Waals surface area contributed by atoms with Gasteiger partial charge in [0.05, 0.1) is 23.1 Å². The molecule has 28 heavy (non-hydrogen) atoms. The maximum Gasteiger partial charge on any atom is 0.254 e. The molecule has 1 unspecified atom stereocenters. The minimum Gasteiger partial charge on any atom is -0.347 e. The Morgan fingerprint density at radius 3 is 2.46 bits per heavy atom. The standard InChI is InChI=1S/C21H23FN4O2/c1-13(2)19(25-20(27)14-8-4-5-9-15(14)22)21(28)23-12-18-24-16-10-6-7-11-17(16)26(18)3/h4-11,13,19H,12H2,1-3H3,(H,23,28)(H,25,27). The topological polar surface area (TPSA) is 76.0 Å². The Morgan fingerprint density at radius 2 is 1.79 bits per heavy atom. The van der Waals surface area contributed by atoms with Crippen LogP contribution in [0.2, 0.25) is 0 Å². The van der Waals surface area contributed by atoms with E-state index in [0.717, 1.165) is 11.0 Å². The zero-order valence-corrected chi connectivity index (χ0v) is 16.1. The molecule has 6 nitrogen and oxygen atoms in total. The van der Waals surface area contributed by atoms with Gasteiger partial charge in [0.2, 0.25) is 5.91 Å². The average molecular weight is 382 g/mol. The normalized spacial score (nSPS) is 12.2. The summed E-state index contributed by atoms with van der Waals surface area (Å²) >= 11 is 0. The van der Waals surface area contributed by atoms with Crippen LogP contribution in [0, 0.1) is 11.7 Å². The summed E-state index contributed by atoms with van der Waals surface area (Å²) in [7, 11) is 1.89. The molecule has 0 aliphatic carbocycles. The van der Waals surface area contributed by atoms with Gasteiger partial charge < -0.3 is 15.2 Å². The molecule has 146 valence electrons. The second-order valence-electron chi connectivity index (χ2n) is 6.97. The number of halogens is 1. The molecule has 0 radical (unpaired) electrons. The van der Waals surface area contributed by atoms with Gasteiger partial charge in [0.15, 0.2) is 0 Å². The highest BCUT2D eigenvalue weighted by Gasteiger charge is 2.25. The molecule has 0 bridgehead atoms. The Kier molecular flexibility index (Phi) is 5.73. The fourth-order valence-corrected chi connectivity index (χ4v) is 3.03. The number of hydrogen-bond donors (Lipinski definition) is 2. The zero-order chi connectivity index (χ0) is 20.3. The Labute approximate surface area is 162 Å². The summed E-state index contributed by atoms with van der Waals surface area (Å²) in [5.74, 6) is -1.04. The number of fused-ring (bicyclic) bond motifs is 1. The van der Waals surface area contributed by atoms with Crippen LogP contribution < -0.4 is 10.6 Å². The number of benzene rings is 2. The van der Waals surface area contributed by atoms with Gasteiger partial charge in [-0.15, -0.1) is 0 Å². The molecule has 0 saturated carbocycles. The van der Waals surface area contributed by atoms with E-state index >= 15 is 0 Å². The molecule has 7 heteroatoms. The third kappa shape index (κ3) is 4.03. The number of hydrogen-bond acceptors (Lipinski definition) is 3. The Bertz CT molecular complexity index is 1010. The zero-order valence-electron chi connectivity index (χ0n) is 16.1. The first kappa shape index (κ1) is 19.5. The van der Waals surface area contributed by atoms with Gasteiger partial charge in [0.1, 0.15) is 17.7 Å². The molecular weight excluding hydrogens is 359 g/mol. The second-order valence-corrected chi connectivity index (χ2v) is 6.97. The number of carbonyl (C=O) groups excluding carboxylic acids is 2. The molecule has 3 rings (SSSR count). The minimum atomic E-state index is -0.790. The predicted molar refractivity (Wildman–Crippen MR) is 105 cm³/mol. The molecule has 1 atom stereocenters. The number of nitrogens with one attached hydrogen (secondary N) is 2. The summed E-state index contributed by atoms with van der Waals surface area (Å²) in [6.45, 7) is 3.87. The van der Waals surface area contributed by atoms with Gasteiger partial charge in [-0.25, -0.2) is 9.37 Å². The lowest BCUT2D eigenvalue weighted by Crippen LogP contribution is -2.49. The summed E-state index contributed by atoms with van der Waals surface area (Å²) in [5.41, 5.74) is 1.74. The fraction of sp³-hybridized carbons (Fsp3) is 0.286. The van der Waals surface area contributed by atoms with Crippen LogP contribution in [0.25, 0.3) is 11.0 Å². The quantitative estimate of drug-likeness (QED) is 0.688. The molecule has 1 heterocycles. The third-order valence-electron chi connectivity index (χ3n) is 4.65. The van der Waals surface area contributed by atoms with E-state index in [1.807, 2.05) is 49.7 Å². The Balaban J connectivity index is 1.70. The monoisotopic (exact) mass is 382 g/mol. The molecule has 0 aliphatic heterocycles. The van der Waals surface area contributed by atoms with Crippen LogP contribution in [0.1, 0.15) is 30.0 Å². The first-order valence-electron chi connectivity index (χ1n) is 9.12. The van der Waals surface area contributed by atoms with E-state index in [1.165, 1.54) is 18.2 Å². The van der Waals surface area contributed by atoms with Crippen molar-refractivity contribution in [3.05, 3.63) is 65.7 Å². The summed E-state index contributed by atoms with van der Waals surface area (Å²) < 4.78 is 15.8. The van der Waals surface area contributed by atoms with Crippen molar-refractivity contribution in [2.24, 2.45) is 13.0 Å². The number of para-hydroxylation sites is 2. The van der Waals surface area contributed by atoms with Crippen molar-refractivity contribution in [2.45, 2.75) is 26.4 Å². The molecule has 3 aromatic rings. The van der Waals surface area contributed by atoms with E-state index < -0.39 is 17.8 Å². The number of aromatic nitrogens is 2. The summed E-state index contributed by atoms with van der Waals surface area (Å²) in [6.07, 6.45) is 0. The summed E-state index contributed by atoms with van der Waals surface area (Å²) in [5, 5.41) is 5.46. The van der Waals surface area contributed by atoms with Crippen LogP contribution >= 0.6 is 0 Å². The smallest absolute Gasteiger partial charge is 0.254 e. The maximum absolute atomic E-state index is 13.8. The highest BCUT2D eigenvalue weighted by molar-refractivity contribution is 5.97. The third-order valence-corrected chi connectivity index (χ3v) is 4.65. The highest BCUT2D eigenvalue weighted by atomic mass is 19.1. The molecule has 2 N–H and O–H groups in total. The van der Waals surface area contributed by atoms with Crippen LogP contribution in [0.3, 0.4) is 0 Å². The van der Waals surface area contributed by atoms with Crippen molar-refractivity contribution in [3.63, 3.8) is 0 Å². The maximum atomic E-state index is 13.8. The molecule has 0 spiro atoms. The molecule has 0 saturated heterocycles. The van der Waals surface area contributed by atoms with Crippen LogP contribution in [0.5, 0.6) is 0 Å². The average Bonchev–Trinajstić information content (AvgIpc) is 3.00. The fourth-order valence-electron chi connectivity index (χ4n) is 3.03. The first-order chi connectivity index (χ1) is 13.4. The number of aryl methyl sites for hydroxylation is 1. The number of rotatable bonds is 6. The summed E-state index contributed by atoms with van der Waals surface area (Å²) in [4.78, 5) is 29.6. The van der Waals surface area contributed by atoms with Gasteiger partial charge in [-0.2, -0.15) is 0 Å². The number of amides is 2. The van der Waals surface area contributed by atoms with Gasteiger partial charge in [-0.1, -0.05) is 38.1 Å². The molecule has 1 aromatic heterocycles. The van der Waals surface area contributed by atoms with Crippen LogP contribution in [-0.2, 0) is 18.4 Å². The van der Waals surface area contributed by atoms with Crippen molar-refractivity contribution in [1.82, 2.24) is 20.2 Å². The van der Waals surface area contributed by atoms with Crippen LogP contribution in [0.4, 0.5) is 4.39 Å². The van der Waals surface area contributed by atoms with E-state index in [-0.39, 0.29) is 23.9 Å². The lowest BCUT2D eigenvalue weighted by molar-refractivity contribution is -0.124. The van der Waals surface area contributed by atoms with Gasteiger partial charge in [-0.05, 0) is 30.2 Å². The molecular formula is C21H23FN4O2. The van der Waals surface area contributed by atoms with Gasteiger partial charge in [-0.3, -0.25) is 9.59 Å². The Morgan fingerprint density at radius 1 is 1.11 bits per heavy atom. The van der Waals surface area contributed by atoms with Gasteiger partial charge >= 0.3 is 0 Å². The Hall–Kier alpha value is -3.22. The van der Waals surface area contributed by atoms with E-state index in [1.54, 1.807) is 6.07 Å². The number of imidazole rings is 1. The van der Waals surface area contributed by atoms with E-state index in [4.69, 9.17) is 0 Å². The molecule has 2 amide bonds. The minimum absolute atomic E-state index is 0.0868. The van der Waals surface area contributed by atoms with Crippen molar-refractivity contribution in [2.75, 3.05) is 0 Å². The lowest BCUT2D eigenvalue weighted by Gasteiger charge is -2.21. The molecule has 0 fully saturated rings. The van der Waals surface area contributed by atoms with E-state index in [2.05, 4.69) is 15.6 Å². The van der Waals surface area contributed by atoms with E-state index in [9.17, 15) is 14.0 Å². The van der Waals surface area contributed by atoms with Crippen LogP contribution in [0.15, 0.2) is 48.5 Å².